The van der Waals surface area contributed by atoms with Crippen molar-refractivity contribution in [1.82, 2.24) is 4.90 Å². The molecule has 0 amide bonds. The van der Waals surface area contributed by atoms with Crippen molar-refractivity contribution in [2.45, 2.75) is 31.6 Å². The number of likely N-dealkylation sites (N-methyl/N-ethyl adjacent to an activating group) is 1. The quantitative estimate of drug-likeness (QED) is 0.777. The van der Waals surface area contributed by atoms with E-state index in [2.05, 4.69) is 31.0 Å². The third-order valence-corrected chi connectivity index (χ3v) is 4.20. The molecule has 3 heteroatoms. The second-order valence-corrected chi connectivity index (χ2v) is 5.74. The number of nitrogens with zero attached hydrogens (tertiary/aromatic N) is 1. The zero-order chi connectivity index (χ0) is 13.1. The van der Waals surface area contributed by atoms with Crippen LogP contribution in [0.3, 0.4) is 0 Å². The lowest BCUT2D eigenvalue weighted by Crippen LogP contribution is -2.13. The summed E-state index contributed by atoms with van der Waals surface area (Å²) in [5.41, 5.74) is 2.41. The Morgan fingerprint density at radius 2 is 2.33 bits per heavy atom. The van der Waals surface area contributed by atoms with Crippen LogP contribution in [0.25, 0.3) is 0 Å². The van der Waals surface area contributed by atoms with E-state index in [0.717, 1.165) is 30.0 Å². The molecule has 0 aliphatic carbocycles. The Hall–Kier alpha value is -0.860. The molecule has 0 bridgehead atoms. The Kier molecular flexibility index (Phi) is 4.41. The van der Waals surface area contributed by atoms with Crippen molar-refractivity contribution in [1.29, 1.82) is 0 Å². The van der Waals surface area contributed by atoms with E-state index in [-0.39, 0.29) is 5.92 Å². The SMILES string of the molecule is CC(CC=O)c1ccc(C2CCN(C)C2)c(Cl)c1. The molecule has 1 aliphatic heterocycles. The van der Waals surface area contributed by atoms with E-state index in [0.29, 0.717) is 12.3 Å². The highest BCUT2D eigenvalue weighted by Crippen LogP contribution is 2.33. The molecule has 2 atom stereocenters. The van der Waals surface area contributed by atoms with Gasteiger partial charge in [0.1, 0.15) is 6.29 Å². The lowest BCUT2D eigenvalue weighted by molar-refractivity contribution is -0.108. The smallest absolute Gasteiger partial charge is 0.120 e. The molecule has 0 radical (unpaired) electrons. The maximum atomic E-state index is 10.5. The number of aldehydes is 1. The minimum absolute atomic E-state index is 0.250. The summed E-state index contributed by atoms with van der Waals surface area (Å²) in [4.78, 5) is 12.9. The number of hydrogen-bond acceptors (Lipinski definition) is 2. The van der Waals surface area contributed by atoms with Gasteiger partial charge in [-0.2, -0.15) is 0 Å². The van der Waals surface area contributed by atoms with Crippen LogP contribution in [-0.2, 0) is 4.79 Å². The van der Waals surface area contributed by atoms with Crippen molar-refractivity contribution in [3.63, 3.8) is 0 Å². The fourth-order valence-electron chi connectivity index (χ4n) is 2.65. The molecule has 0 N–H and O–H groups in total. The Balaban J connectivity index is 2.17. The second-order valence-electron chi connectivity index (χ2n) is 5.33. The second kappa shape index (κ2) is 5.85. The topological polar surface area (TPSA) is 20.3 Å². The van der Waals surface area contributed by atoms with Gasteiger partial charge in [0.05, 0.1) is 0 Å². The van der Waals surface area contributed by atoms with Crippen molar-refractivity contribution in [3.05, 3.63) is 34.3 Å². The van der Waals surface area contributed by atoms with Gasteiger partial charge in [-0.05, 0) is 49.0 Å². The Bertz CT molecular complexity index is 433. The normalized spacial score (nSPS) is 22.1. The molecule has 0 saturated carbocycles. The number of halogens is 1. The summed E-state index contributed by atoms with van der Waals surface area (Å²) in [5.74, 6) is 0.804. The average Bonchev–Trinajstić information content (AvgIpc) is 2.76. The van der Waals surface area contributed by atoms with Crippen LogP contribution in [-0.4, -0.2) is 31.3 Å². The molecule has 2 rings (SSSR count). The van der Waals surface area contributed by atoms with Crippen LogP contribution >= 0.6 is 11.6 Å². The molecule has 1 saturated heterocycles. The van der Waals surface area contributed by atoms with Gasteiger partial charge in [0.25, 0.3) is 0 Å². The zero-order valence-electron chi connectivity index (χ0n) is 11.0. The molecule has 0 aromatic heterocycles. The van der Waals surface area contributed by atoms with E-state index < -0.39 is 0 Å². The van der Waals surface area contributed by atoms with Crippen LogP contribution in [0.2, 0.25) is 5.02 Å². The van der Waals surface area contributed by atoms with Gasteiger partial charge < -0.3 is 9.69 Å². The molecule has 1 aromatic carbocycles. The fourth-order valence-corrected chi connectivity index (χ4v) is 2.99. The lowest BCUT2D eigenvalue weighted by atomic mass is 9.93. The van der Waals surface area contributed by atoms with Crippen molar-refractivity contribution < 1.29 is 4.79 Å². The largest absolute Gasteiger partial charge is 0.306 e. The number of carbonyl (C=O) groups excluding carboxylic acids is 1. The standard InChI is InChI=1S/C15H20ClNO/c1-11(6-8-18)12-3-4-14(15(16)9-12)13-5-7-17(2)10-13/h3-4,8-9,11,13H,5-7,10H2,1-2H3. The number of hydrogen-bond donors (Lipinski definition) is 0. The van der Waals surface area contributed by atoms with Gasteiger partial charge in [-0.1, -0.05) is 30.7 Å². The first-order valence-corrected chi connectivity index (χ1v) is 6.91. The van der Waals surface area contributed by atoms with Crippen molar-refractivity contribution in [2.75, 3.05) is 20.1 Å². The van der Waals surface area contributed by atoms with Gasteiger partial charge in [-0.25, -0.2) is 0 Å². The summed E-state index contributed by atoms with van der Waals surface area (Å²) in [6.07, 6.45) is 2.71. The maximum absolute atomic E-state index is 10.5. The van der Waals surface area contributed by atoms with Crippen LogP contribution in [0.15, 0.2) is 18.2 Å². The maximum Gasteiger partial charge on any atom is 0.120 e. The molecule has 2 nitrogen and oxygen atoms in total. The first-order chi connectivity index (χ1) is 8.61. The molecule has 0 spiro atoms. The summed E-state index contributed by atoms with van der Waals surface area (Å²) in [6, 6.07) is 6.29. The van der Waals surface area contributed by atoms with E-state index in [1.807, 2.05) is 6.07 Å². The van der Waals surface area contributed by atoms with E-state index in [9.17, 15) is 4.79 Å². The zero-order valence-corrected chi connectivity index (χ0v) is 11.8. The Labute approximate surface area is 114 Å². The van der Waals surface area contributed by atoms with Crippen LogP contribution < -0.4 is 0 Å². The summed E-state index contributed by atoms with van der Waals surface area (Å²) in [6.45, 7) is 4.29. The van der Waals surface area contributed by atoms with Gasteiger partial charge in [0, 0.05) is 18.0 Å². The van der Waals surface area contributed by atoms with Crippen molar-refractivity contribution in [3.8, 4) is 0 Å². The number of benzene rings is 1. The van der Waals surface area contributed by atoms with Crippen LogP contribution in [0.4, 0.5) is 0 Å². The average molecular weight is 266 g/mol. The summed E-state index contributed by atoms with van der Waals surface area (Å²) < 4.78 is 0. The van der Waals surface area contributed by atoms with Gasteiger partial charge >= 0.3 is 0 Å². The molecule has 1 aliphatic rings. The van der Waals surface area contributed by atoms with Gasteiger partial charge in [-0.3, -0.25) is 0 Å². The van der Waals surface area contributed by atoms with Crippen molar-refractivity contribution in [2.24, 2.45) is 0 Å². The summed E-state index contributed by atoms with van der Waals surface area (Å²) in [5, 5.41) is 0.852. The third kappa shape index (κ3) is 2.93. The first-order valence-electron chi connectivity index (χ1n) is 6.53. The number of likely N-dealkylation sites (tertiary alicyclic amines) is 1. The van der Waals surface area contributed by atoms with E-state index in [1.165, 1.54) is 12.0 Å². The number of carbonyl (C=O) groups is 1. The van der Waals surface area contributed by atoms with Crippen LogP contribution in [0, 0.1) is 0 Å². The minimum Gasteiger partial charge on any atom is -0.306 e. The highest BCUT2D eigenvalue weighted by atomic mass is 35.5. The monoisotopic (exact) mass is 265 g/mol. The highest BCUT2D eigenvalue weighted by Gasteiger charge is 2.23. The van der Waals surface area contributed by atoms with Crippen molar-refractivity contribution >= 4 is 17.9 Å². The molecular weight excluding hydrogens is 246 g/mol. The van der Waals surface area contributed by atoms with Crippen LogP contribution in [0.1, 0.15) is 42.7 Å². The predicted octanol–water partition coefficient (Wildman–Crippen LogP) is 3.45. The molecule has 1 aromatic rings. The Morgan fingerprint density at radius 1 is 1.56 bits per heavy atom. The molecule has 1 fully saturated rings. The van der Waals surface area contributed by atoms with Crippen LogP contribution in [0.5, 0.6) is 0 Å². The molecule has 1 heterocycles. The molecule has 18 heavy (non-hydrogen) atoms. The third-order valence-electron chi connectivity index (χ3n) is 3.87. The van der Waals surface area contributed by atoms with Gasteiger partial charge in [0.2, 0.25) is 0 Å². The van der Waals surface area contributed by atoms with E-state index >= 15 is 0 Å². The minimum atomic E-state index is 0.250. The van der Waals surface area contributed by atoms with Gasteiger partial charge in [-0.15, -0.1) is 0 Å². The fraction of sp³-hybridized carbons (Fsp3) is 0.533. The highest BCUT2D eigenvalue weighted by molar-refractivity contribution is 6.31. The van der Waals surface area contributed by atoms with E-state index in [1.54, 1.807) is 0 Å². The molecule has 2 unspecified atom stereocenters. The predicted molar refractivity (Wildman–Crippen MR) is 75.4 cm³/mol. The lowest BCUT2D eigenvalue weighted by Gasteiger charge is -2.15. The molecular formula is C15H20ClNO. The molecule has 98 valence electrons. The Morgan fingerprint density at radius 3 is 2.89 bits per heavy atom. The summed E-state index contributed by atoms with van der Waals surface area (Å²) >= 11 is 6.39. The summed E-state index contributed by atoms with van der Waals surface area (Å²) in [7, 11) is 2.15. The number of rotatable bonds is 4. The van der Waals surface area contributed by atoms with E-state index in [4.69, 9.17) is 11.6 Å². The first kappa shape index (κ1) is 13.6. The van der Waals surface area contributed by atoms with Gasteiger partial charge in [0.15, 0.2) is 0 Å².